The number of epoxide rings is 1. The largest absolute Gasteiger partial charge is 0.497 e. The van der Waals surface area contributed by atoms with E-state index in [1.807, 2.05) is 12.1 Å². The fourth-order valence-corrected chi connectivity index (χ4v) is 6.56. The lowest BCUT2D eigenvalue weighted by Crippen LogP contribution is -2.60. The molecule has 9 heteroatoms. The van der Waals surface area contributed by atoms with E-state index in [-0.39, 0.29) is 39.9 Å². The van der Waals surface area contributed by atoms with Crippen molar-refractivity contribution in [2.45, 2.75) is 122 Å². The van der Waals surface area contributed by atoms with Crippen LogP contribution in [0.1, 0.15) is 86.6 Å². The lowest BCUT2D eigenvalue weighted by molar-refractivity contribution is -0.162. The van der Waals surface area contributed by atoms with Crippen LogP contribution in [-0.2, 0) is 23.8 Å². The molecule has 0 amide bonds. The number of hydrogen-bond acceptors (Lipinski definition) is 8. The summed E-state index contributed by atoms with van der Waals surface area (Å²) in [6.07, 6.45) is 4.08. The summed E-state index contributed by atoms with van der Waals surface area (Å²) >= 11 is 5.27. The van der Waals surface area contributed by atoms with Crippen LogP contribution in [0.5, 0.6) is 5.75 Å². The minimum absolute atomic E-state index is 0.0840. The number of rotatable bonds is 7. The molecule has 0 aliphatic carbocycles. The second-order valence-corrected chi connectivity index (χ2v) is 15.0. The van der Waals surface area contributed by atoms with E-state index in [0.717, 1.165) is 6.61 Å². The number of ether oxygens (including phenoxy) is 4. The first kappa shape index (κ1) is 35.4. The van der Waals surface area contributed by atoms with Crippen LogP contribution < -0.4 is 4.74 Å². The number of halogens is 1. The van der Waals surface area contributed by atoms with E-state index in [0.29, 0.717) is 49.0 Å². The third-order valence-corrected chi connectivity index (χ3v) is 9.87. The topological polar surface area (TPSA) is 80.8 Å². The summed E-state index contributed by atoms with van der Waals surface area (Å²) in [5.41, 5.74) is -0.00465. The van der Waals surface area contributed by atoms with Crippen LogP contribution in [-0.4, -0.2) is 95.9 Å². The van der Waals surface area contributed by atoms with E-state index in [1.54, 1.807) is 25.3 Å². The van der Waals surface area contributed by atoms with Gasteiger partial charge in [0.15, 0.2) is 0 Å². The third kappa shape index (κ3) is 9.19. The Morgan fingerprint density at radius 1 is 0.814 bits per heavy atom. The highest BCUT2D eigenvalue weighted by atomic mass is 35.5. The molecule has 1 aromatic carbocycles. The minimum atomic E-state index is -0.640. The number of hydrogen-bond donors (Lipinski definition) is 0. The van der Waals surface area contributed by atoms with Gasteiger partial charge in [-0.2, -0.15) is 0 Å². The lowest BCUT2D eigenvalue weighted by atomic mass is 9.78. The Bertz CT molecular complexity index is 1060. The number of benzene rings is 1. The summed E-state index contributed by atoms with van der Waals surface area (Å²) in [4.78, 5) is 31.8. The van der Waals surface area contributed by atoms with Gasteiger partial charge in [-0.3, -0.25) is 9.80 Å². The molecule has 43 heavy (non-hydrogen) atoms. The molecule has 1 aromatic rings. The first-order chi connectivity index (χ1) is 19.8. The fraction of sp³-hybridized carbons (Fsp3) is 0.706. The maximum atomic E-state index is 13.6. The zero-order valence-electron chi connectivity index (χ0n) is 28.1. The van der Waals surface area contributed by atoms with Gasteiger partial charge in [0.25, 0.3) is 0 Å². The molecule has 0 spiro atoms. The normalized spacial score (nSPS) is 24.6. The maximum absolute atomic E-state index is 13.6. The van der Waals surface area contributed by atoms with Gasteiger partial charge in [0.1, 0.15) is 23.5 Å². The average Bonchev–Trinajstić information content (AvgIpc) is 3.74. The van der Waals surface area contributed by atoms with Crippen molar-refractivity contribution in [1.29, 1.82) is 0 Å². The van der Waals surface area contributed by atoms with Crippen molar-refractivity contribution in [3.05, 3.63) is 35.4 Å². The van der Waals surface area contributed by atoms with Crippen LogP contribution in [0.25, 0.3) is 6.08 Å². The van der Waals surface area contributed by atoms with Gasteiger partial charge in [-0.05, 0) is 93.3 Å². The summed E-state index contributed by atoms with van der Waals surface area (Å²) in [5.74, 6) is 0.0808. The van der Waals surface area contributed by atoms with Crippen molar-refractivity contribution in [2.24, 2.45) is 0 Å². The highest BCUT2D eigenvalue weighted by Crippen LogP contribution is 2.40. The fourth-order valence-electron chi connectivity index (χ4n) is 6.38. The molecule has 3 aliphatic heterocycles. The molecule has 3 heterocycles. The SMILES string of the molecule is COc1ccc(C=C(C(=O)OC2CC(C)(C)N(C)C(C)(C)C2)C(=O)OC2CC(C)(C)N(C)C(C)(C)C2)cc1.ClCC1CO1. The van der Waals surface area contributed by atoms with E-state index in [9.17, 15) is 9.59 Å². The van der Waals surface area contributed by atoms with Crippen molar-refractivity contribution in [1.82, 2.24) is 9.80 Å². The molecule has 242 valence electrons. The number of alkyl halides is 1. The molecular formula is C34H53ClN2O6. The van der Waals surface area contributed by atoms with Crippen molar-refractivity contribution in [3.63, 3.8) is 0 Å². The second-order valence-electron chi connectivity index (χ2n) is 14.7. The standard InChI is InChI=1S/C31H48N2O5.C3H5ClO/c1-28(2)17-23(18-29(3,4)32(28)9)37-26(34)25(16-21-12-14-22(36-11)15-13-21)27(35)38-24-19-30(5,6)33(10)31(7,8)20-24;4-1-3-2-5-3/h12-16,23-24H,17-20H2,1-11H3;3H,1-2H2. The molecule has 0 aromatic heterocycles. The van der Waals surface area contributed by atoms with Gasteiger partial charge in [-0.15, -0.1) is 11.6 Å². The number of piperidine rings is 2. The molecular weight excluding hydrogens is 568 g/mol. The van der Waals surface area contributed by atoms with Crippen LogP contribution in [0.15, 0.2) is 29.8 Å². The smallest absolute Gasteiger partial charge is 0.345 e. The molecule has 3 fully saturated rings. The first-order valence-corrected chi connectivity index (χ1v) is 15.8. The first-order valence-electron chi connectivity index (χ1n) is 15.2. The Balaban J connectivity index is 0.000000915. The van der Waals surface area contributed by atoms with E-state index in [1.165, 1.54) is 0 Å². The maximum Gasteiger partial charge on any atom is 0.345 e. The summed E-state index contributed by atoms with van der Waals surface area (Å²) < 4.78 is 22.0. The van der Waals surface area contributed by atoms with Crippen LogP contribution >= 0.6 is 11.6 Å². The third-order valence-electron chi connectivity index (χ3n) is 9.53. The number of carbonyl (C=O) groups is 2. The Hall–Kier alpha value is -2.13. The number of esters is 2. The monoisotopic (exact) mass is 620 g/mol. The van der Waals surface area contributed by atoms with E-state index in [2.05, 4.69) is 79.3 Å². The zero-order valence-corrected chi connectivity index (χ0v) is 28.8. The van der Waals surface area contributed by atoms with Gasteiger partial charge in [-0.25, -0.2) is 9.59 Å². The van der Waals surface area contributed by atoms with Gasteiger partial charge < -0.3 is 18.9 Å². The average molecular weight is 621 g/mol. The van der Waals surface area contributed by atoms with E-state index >= 15 is 0 Å². The number of likely N-dealkylation sites (tertiary alicyclic amines) is 2. The van der Waals surface area contributed by atoms with Crippen LogP contribution in [0, 0.1) is 0 Å². The Morgan fingerprint density at radius 2 is 1.19 bits per heavy atom. The predicted octanol–water partition coefficient (Wildman–Crippen LogP) is 6.09. The molecule has 1 atom stereocenters. The Morgan fingerprint density at radius 3 is 1.47 bits per heavy atom. The summed E-state index contributed by atoms with van der Waals surface area (Å²) in [6.45, 7) is 18.1. The molecule has 0 N–H and O–H groups in total. The van der Waals surface area contributed by atoms with Crippen molar-refractivity contribution in [2.75, 3.05) is 33.7 Å². The molecule has 0 radical (unpaired) electrons. The molecule has 4 rings (SSSR count). The lowest BCUT2D eigenvalue weighted by Gasteiger charge is -2.53. The van der Waals surface area contributed by atoms with Crippen molar-refractivity contribution >= 4 is 29.6 Å². The van der Waals surface area contributed by atoms with Gasteiger partial charge in [0, 0.05) is 47.8 Å². The van der Waals surface area contributed by atoms with Gasteiger partial charge in [0.05, 0.1) is 25.7 Å². The summed E-state index contributed by atoms with van der Waals surface area (Å²) in [7, 11) is 5.81. The van der Waals surface area contributed by atoms with Gasteiger partial charge in [0.2, 0.25) is 0 Å². The second kappa shape index (κ2) is 13.5. The minimum Gasteiger partial charge on any atom is -0.497 e. The van der Waals surface area contributed by atoms with Gasteiger partial charge >= 0.3 is 11.9 Å². The van der Waals surface area contributed by atoms with E-state index < -0.39 is 11.9 Å². The van der Waals surface area contributed by atoms with Crippen molar-refractivity contribution in [3.8, 4) is 5.75 Å². The molecule has 3 saturated heterocycles. The molecule has 3 aliphatic rings. The Labute approximate surface area is 264 Å². The summed E-state index contributed by atoms with van der Waals surface area (Å²) in [5, 5.41) is 0. The molecule has 0 saturated carbocycles. The highest BCUT2D eigenvalue weighted by Gasteiger charge is 2.46. The zero-order chi connectivity index (χ0) is 32.4. The van der Waals surface area contributed by atoms with Crippen LogP contribution in [0.2, 0.25) is 0 Å². The van der Waals surface area contributed by atoms with Crippen molar-refractivity contribution < 1.29 is 28.5 Å². The highest BCUT2D eigenvalue weighted by molar-refractivity contribution is 6.18. The number of carbonyl (C=O) groups excluding carboxylic acids is 2. The number of methoxy groups -OCH3 is 1. The summed E-state index contributed by atoms with van der Waals surface area (Å²) in [6, 6.07) is 7.21. The predicted molar refractivity (Wildman–Crippen MR) is 172 cm³/mol. The Kier molecular flexibility index (Phi) is 11.1. The quantitative estimate of drug-likeness (QED) is 0.0905. The number of nitrogens with zero attached hydrogens (tertiary/aromatic N) is 2. The van der Waals surface area contributed by atoms with Crippen LogP contribution in [0.4, 0.5) is 0 Å². The van der Waals surface area contributed by atoms with Crippen LogP contribution in [0.3, 0.4) is 0 Å². The molecule has 8 nitrogen and oxygen atoms in total. The molecule has 0 bridgehead atoms. The van der Waals surface area contributed by atoms with Gasteiger partial charge in [-0.1, -0.05) is 12.1 Å². The molecule has 1 unspecified atom stereocenters. The van der Waals surface area contributed by atoms with E-state index in [4.69, 9.17) is 30.5 Å².